The molecule has 1 aliphatic rings. The predicted octanol–water partition coefficient (Wildman–Crippen LogP) is 2.44. The molecule has 1 saturated heterocycles. The van der Waals surface area contributed by atoms with Gasteiger partial charge in [-0.3, -0.25) is 9.69 Å². The van der Waals surface area contributed by atoms with Crippen molar-refractivity contribution in [3.63, 3.8) is 0 Å². The molecular weight excluding hydrogens is 300 g/mol. The van der Waals surface area contributed by atoms with Gasteiger partial charge in [-0.25, -0.2) is 0 Å². The topological polar surface area (TPSA) is 59.4 Å². The van der Waals surface area contributed by atoms with Crippen LogP contribution in [-0.2, 0) is 0 Å². The molecule has 1 aliphatic heterocycles. The molecular formula is C19H28N4O. The highest BCUT2D eigenvalue weighted by Crippen LogP contribution is 2.20. The lowest BCUT2D eigenvalue weighted by Crippen LogP contribution is -2.52. The molecule has 5 heteroatoms. The molecule has 0 amide bonds. The highest BCUT2D eigenvalue weighted by molar-refractivity contribution is 5.99. The van der Waals surface area contributed by atoms with E-state index in [9.17, 15) is 4.79 Å². The molecule has 1 atom stereocenters. The number of Topliss-reactive ketones (excluding diaryl/α,β-unsaturated/α-hetero) is 1. The highest BCUT2D eigenvalue weighted by Gasteiger charge is 2.25. The van der Waals surface area contributed by atoms with E-state index in [0.717, 1.165) is 38.4 Å². The number of nitrogens with one attached hydrogen (secondary N) is 1. The number of carbonyl (C=O) groups excluding carboxylic acids is 1. The maximum absolute atomic E-state index is 11.8. The van der Waals surface area contributed by atoms with E-state index in [4.69, 9.17) is 5.26 Å². The van der Waals surface area contributed by atoms with E-state index in [-0.39, 0.29) is 5.78 Å². The summed E-state index contributed by atoms with van der Waals surface area (Å²) in [7, 11) is 2.16. The fourth-order valence-corrected chi connectivity index (χ4v) is 3.22. The molecule has 0 radical (unpaired) electrons. The summed E-state index contributed by atoms with van der Waals surface area (Å²) < 4.78 is 0. The van der Waals surface area contributed by atoms with Crippen molar-refractivity contribution in [1.29, 1.82) is 5.26 Å². The van der Waals surface area contributed by atoms with Gasteiger partial charge in [0.05, 0.1) is 11.6 Å². The number of anilines is 1. The number of hydrogen-bond donors (Lipinski definition) is 1. The Morgan fingerprint density at radius 1 is 1.29 bits per heavy atom. The van der Waals surface area contributed by atoms with Crippen molar-refractivity contribution in [2.24, 2.45) is 5.92 Å². The van der Waals surface area contributed by atoms with E-state index in [1.165, 1.54) is 0 Å². The quantitative estimate of drug-likeness (QED) is 0.813. The van der Waals surface area contributed by atoms with Gasteiger partial charge in [0.25, 0.3) is 0 Å². The minimum Gasteiger partial charge on any atom is -0.383 e. The summed E-state index contributed by atoms with van der Waals surface area (Å²) in [6, 6.07) is 7.76. The second-order valence-corrected chi connectivity index (χ2v) is 6.96. The third-order valence-electron chi connectivity index (χ3n) is 4.81. The molecule has 5 nitrogen and oxygen atoms in total. The zero-order valence-corrected chi connectivity index (χ0v) is 15.2. The zero-order chi connectivity index (χ0) is 17.7. The van der Waals surface area contributed by atoms with Gasteiger partial charge in [-0.05, 0) is 38.1 Å². The molecule has 1 unspecified atom stereocenters. The largest absolute Gasteiger partial charge is 0.383 e. The molecule has 24 heavy (non-hydrogen) atoms. The maximum Gasteiger partial charge on any atom is 0.161 e. The Morgan fingerprint density at radius 3 is 2.50 bits per heavy atom. The Labute approximate surface area is 145 Å². The zero-order valence-electron chi connectivity index (χ0n) is 15.2. The third kappa shape index (κ3) is 4.56. The van der Waals surface area contributed by atoms with Gasteiger partial charge in [-0.1, -0.05) is 13.8 Å². The fourth-order valence-electron chi connectivity index (χ4n) is 3.22. The smallest absolute Gasteiger partial charge is 0.161 e. The van der Waals surface area contributed by atoms with Crippen molar-refractivity contribution in [1.82, 2.24) is 9.80 Å². The molecule has 1 aromatic rings. The van der Waals surface area contributed by atoms with Crippen LogP contribution in [0.15, 0.2) is 18.2 Å². The van der Waals surface area contributed by atoms with E-state index in [1.807, 2.05) is 0 Å². The van der Waals surface area contributed by atoms with Crippen LogP contribution in [0.1, 0.15) is 36.7 Å². The fraction of sp³-hybridized carbons (Fsp3) is 0.579. The molecule has 1 aromatic carbocycles. The van der Waals surface area contributed by atoms with E-state index in [2.05, 4.69) is 42.1 Å². The summed E-state index contributed by atoms with van der Waals surface area (Å²) in [5.74, 6) is 0.531. The van der Waals surface area contributed by atoms with E-state index >= 15 is 0 Å². The minimum atomic E-state index is 0.0164. The number of ketones is 1. The van der Waals surface area contributed by atoms with Gasteiger partial charge in [0.15, 0.2) is 5.78 Å². The monoisotopic (exact) mass is 328 g/mol. The Morgan fingerprint density at radius 2 is 1.96 bits per heavy atom. The van der Waals surface area contributed by atoms with Crippen molar-refractivity contribution in [3.05, 3.63) is 29.3 Å². The van der Waals surface area contributed by atoms with Crippen LogP contribution >= 0.6 is 0 Å². The first-order valence-electron chi connectivity index (χ1n) is 8.64. The van der Waals surface area contributed by atoms with Crippen molar-refractivity contribution in [2.75, 3.05) is 45.1 Å². The van der Waals surface area contributed by atoms with Gasteiger partial charge in [-0.2, -0.15) is 5.26 Å². The lowest BCUT2D eigenvalue weighted by Gasteiger charge is -2.40. The molecule has 1 N–H and O–H groups in total. The van der Waals surface area contributed by atoms with Crippen LogP contribution in [0.25, 0.3) is 0 Å². The summed E-state index contributed by atoms with van der Waals surface area (Å²) in [6.45, 7) is 11.1. The van der Waals surface area contributed by atoms with Gasteiger partial charge < -0.3 is 10.2 Å². The van der Waals surface area contributed by atoms with E-state index in [1.54, 1.807) is 25.1 Å². The van der Waals surface area contributed by atoms with Gasteiger partial charge >= 0.3 is 0 Å². The standard InChI is InChI=1S/C19H28N4O/c1-14(2)19(23-9-7-22(4)8-10-23)13-21-18-11-16(12-20)5-6-17(18)15(3)24/h5-6,11,14,19,21H,7-10,13H2,1-4H3. The van der Waals surface area contributed by atoms with Gasteiger partial charge in [0, 0.05) is 50.0 Å². The average molecular weight is 328 g/mol. The van der Waals surface area contributed by atoms with Gasteiger partial charge in [0.1, 0.15) is 0 Å². The van der Waals surface area contributed by atoms with Gasteiger partial charge in [0.2, 0.25) is 0 Å². The summed E-state index contributed by atoms with van der Waals surface area (Å²) in [5.41, 5.74) is 1.99. The van der Waals surface area contributed by atoms with Crippen LogP contribution in [-0.4, -0.2) is 61.4 Å². The highest BCUT2D eigenvalue weighted by atomic mass is 16.1. The number of carbonyl (C=O) groups is 1. The van der Waals surface area contributed by atoms with Crippen LogP contribution in [0.4, 0.5) is 5.69 Å². The summed E-state index contributed by atoms with van der Waals surface area (Å²) in [6.07, 6.45) is 0. The van der Waals surface area contributed by atoms with Crippen LogP contribution in [0.3, 0.4) is 0 Å². The number of rotatable bonds is 6. The molecule has 2 rings (SSSR count). The predicted molar refractivity (Wildman–Crippen MR) is 97.3 cm³/mol. The second-order valence-electron chi connectivity index (χ2n) is 6.96. The number of likely N-dealkylation sites (N-methyl/N-ethyl adjacent to an activating group) is 1. The lowest BCUT2D eigenvalue weighted by atomic mass is 10.0. The van der Waals surface area contributed by atoms with Crippen LogP contribution in [0.5, 0.6) is 0 Å². The maximum atomic E-state index is 11.8. The number of hydrogen-bond acceptors (Lipinski definition) is 5. The number of nitriles is 1. The Bertz CT molecular complexity index is 612. The SMILES string of the molecule is CC(=O)c1ccc(C#N)cc1NCC(C(C)C)N1CCN(C)CC1. The molecule has 1 heterocycles. The van der Waals surface area contributed by atoms with E-state index in [0.29, 0.717) is 23.1 Å². The number of piperazine rings is 1. The van der Waals surface area contributed by atoms with Crippen LogP contribution < -0.4 is 5.32 Å². The van der Waals surface area contributed by atoms with Crippen molar-refractivity contribution < 1.29 is 4.79 Å². The van der Waals surface area contributed by atoms with Crippen molar-refractivity contribution in [2.45, 2.75) is 26.8 Å². The number of nitrogens with zero attached hydrogens (tertiary/aromatic N) is 3. The van der Waals surface area contributed by atoms with Gasteiger partial charge in [-0.15, -0.1) is 0 Å². The normalized spacial score (nSPS) is 17.5. The Balaban J connectivity index is 2.12. The molecule has 0 aromatic heterocycles. The lowest BCUT2D eigenvalue weighted by molar-refractivity contribution is 0.0943. The number of benzene rings is 1. The average Bonchev–Trinajstić information content (AvgIpc) is 2.56. The first kappa shape index (κ1) is 18.4. The first-order valence-corrected chi connectivity index (χ1v) is 8.64. The van der Waals surface area contributed by atoms with Crippen LogP contribution in [0.2, 0.25) is 0 Å². The van der Waals surface area contributed by atoms with Crippen molar-refractivity contribution >= 4 is 11.5 Å². The third-order valence-corrected chi connectivity index (χ3v) is 4.81. The van der Waals surface area contributed by atoms with Crippen LogP contribution in [0, 0.1) is 17.2 Å². The van der Waals surface area contributed by atoms with E-state index < -0.39 is 0 Å². The summed E-state index contributed by atoms with van der Waals surface area (Å²) >= 11 is 0. The minimum absolute atomic E-state index is 0.0164. The molecule has 1 fully saturated rings. The second kappa shape index (κ2) is 8.27. The molecule has 0 spiro atoms. The summed E-state index contributed by atoms with van der Waals surface area (Å²) in [5, 5.41) is 12.5. The van der Waals surface area contributed by atoms with Crippen molar-refractivity contribution in [3.8, 4) is 6.07 Å². The molecule has 130 valence electrons. The summed E-state index contributed by atoms with van der Waals surface area (Å²) in [4.78, 5) is 16.7. The molecule has 0 aliphatic carbocycles. The first-order chi connectivity index (χ1) is 11.4. The molecule has 0 bridgehead atoms. The Hall–Kier alpha value is -1.90. The molecule has 0 saturated carbocycles. The Kier molecular flexibility index (Phi) is 6.36.